The molecule has 1 aromatic rings. The molecule has 1 aromatic carbocycles. The summed E-state index contributed by atoms with van der Waals surface area (Å²) in [6.45, 7) is 4.35. The van der Waals surface area contributed by atoms with Crippen LogP contribution in [0, 0.1) is 30.1 Å². The molecule has 0 spiro atoms. The van der Waals surface area contributed by atoms with Crippen LogP contribution in [0.4, 0.5) is 5.69 Å². The van der Waals surface area contributed by atoms with Crippen LogP contribution in [0.25, 0.3) is 0 Å². The molecule has 4 fully saturated rings. The first-order valence-corrected chi connectivity index (χ1v) is 8.60. The molecule has 0 aromatic heterocycles. The van der Waals surface area contributed by atoms with Crippen LogP contribution in [-0.4, -0.2) is 11.1 Å². The third kappa shape index (κ3) is 2.23. The SMILES string of the molecule is Cc1cc(NC(C)C23CC4CC(CC(C4)C2)C3)ccc1O. The highest BCUT2D eigenvalue weighted by Gasteiger charge is 2.53. The summed E-state index contributed by atoms with van der Waals surface area (Å²) in [7, 11) is 0. The number of hydrogen-bond acceptors (Lipinski definition) is 2. The predicted octanol–water partition coefficient (Wildman–Crippen LogP) is 4.72. The van der Waals surface area contributed by atoms with E-state index in [1.807, 2.05) is 19.1 Å². The molecule has 4 saturated carbocycles. The molecule has 4 aliphatic carbocycles. The van der Waals surface area contributed by atoms with Gasteiger partial charge in [0.2, 0.25) is 0 Å². The quantitative estimate of drug-likeness (QED) is 0.788. The van der Waals surface area contributed by atoms with Crippen LogP contribution in [-0.2, 0) is 0 Å². The van der Waals surface area contributed by atoms with Gasteiger partial charge in [0.1, 0.15) is 5.75 Å². The number of phenols is 1. The highest BCUT2D eigenvalue weighted by Crippen LogP contribution is 2.61. The Labute approximate surface area is 128 Å². The van der Waals surface area contributed by atoms with Crippen molar-refractivity contribution in [2.75, 3.05) is 5.32 Å². The molecule has 5 rings (SSSR count). The van der Waals surface area contributed by atoms with Gasteiger partial charge in [-0.3, -0.25) is 0 Å². The number of aryl methyl sites for hydroxylation is 1. The van der Waals surface area contributed by atoms with E-state index in [4.69, 9.17) is 0 Å². The van der Waals surface area contributed by atoms with E-state index < -0.39 is 0 Å². The molecule has 1 atom stereocenters. The Morgan fingerprint density at radius 1 is 1.10 bits per heavy atom. The van der Waals surface area contributed by atoms with E-state index >= 15 is 0 Å². The van der Waals surface area contributed by atoms with Crippen LogP contribution in [0.15, 0.2) is 18.2 Å². The van der Waals surface area contributed by atoms with Gasteiger partial charge in [0, 0.05) is 11.7 Å². The summed E-state index contributed by atoms with van der Waals surface area (Å²) in [6.07, 6.45) is 8.82. The molecular formula is C19H27NO. The Hall–Kier alpha value is -1.18. The van der Waals surface area contributed by atoms with Gasteiger partial charge in [0.15, 0.2) is 0 Å². The largest absolute Gasteiger partial charge is 0.508 e. The van der Waals surface area contributed by atoms with E-state index in [0.29, 0.717) is 17.2 Å². The van der Waals surface area contributed by atoms with E-state index in [0.717, 1.165) is 29.0 Å². The van der Waals surface area contributed by atoms with E-state index in [-0.39, 0.29) is 0 Å². The number of hydrogen-bond donors (Lipinski definition) is 2. The number of aromatic hydroxyl groups is 1. The van der Waals surface area contributed by atoms with E-state index in [2.05, 4.69) is 18.3 Å². The van der Waals surface area contributed by atoms with Crippen molar-refractivity contribution in [3.05, 3.63) is 23.8 Å². The lowest BCUT2D eigenvalue weighted by Gasteiger charge is -2.59. The van der Waals surface area contributed by atoms with Gasteiger partial charge >= 0.3 is 0 Å². The summed E-state index contributed by atoms with van der Waals surface area (Å²) >= 11 is 0. The molecule has 21 heavy (non-hydrogen) atoms. The van der Waals surface area contributed by atoms with Gasteiger partial charge in [0.05, 0.1) is 0 Å². The zero-order valence-electron chi connectivity index (χ0n) is 13.2. The molecule has 0 heterocycles. The van der Waals surface area contributed by atoms with Crippen molar-refractivity contribution < 1.29 is 5.11 Å². The zero-order valence-corrected chi connectivity index (χ0v) is 13.2. The number of anilines is 1. The predicted molar refractivity (Wildman–Crippen MR) is 86.5 cm³/mol. The summed E-state index contributed by atoms with van der Waals surface area (Å²) in [5.41, 5.74) is 2.65. The smallest absolute Gasteiger partial charge is 0.118 e. The van der Waals surface area contributed by atoms with Crippen molar-refractivity contribution >= 4 is 5.69 Å². The molecule has 0 radical (unpaired) electrons. The summed E-state index contributed by atoms with van der Waals surface area (Å²) in [5, 5.41) is 13.4. The summed E-state index contributed by atoms with van der Waals surface area (Å²) in [5.74, 6) is 3.40. The fourth-order valence-corrected chi connectivity index (χ4v) is 5.86. The molecule has 2 heteroatoms. The lowest BCUT2D eigenvalue weighted by atomic mass is 9.48. The van der Waals surface area contributed by atoms with Crippen molar-refractivity contribution in [3.8, 4) is 5.75 Å². The average molecular weight is 285 g/mol. The van der Waals surface area contributed by atoms with Crippen LogP contribution in [0.2, 0.25) is 0 Å². The lowest BCUT2D eigenvalue weighted by Crippen LogP contribution is -2.52. The Bertz CT molecular complexity index is 515. The first-order chi connectivity index (χ1) is 10.0. The molecule has 4 aliphatic rings. The number of nitrogens with one attached hydrogen (secondary N) is 1. The highest BCUT2D eigenvalue weighted by molar-refractivity contribution is 5.51. The first kappa shape index (κ1) is 13.5. The minimum atomic E-state index is 0.392. The number of rotatable bonds is 3. The second-order valence-corrected chi connectivity index (χ2v) is 8.15. The van der Waals surface area contributed by atoms with Crippen LogP contribution >= 0.6 is 0 Å². The van der Waals surface area contributed by atoms with Gasteiger partial charge in [-0.05, 0) is 99.3 Å². The third-order valence-corrected chi connectivity index (χ3v) is 6.58. The van der Waals surface area contributed by atoms with Gasteiger partial charge in [-0.15, -0.1) is 0 Å². The molecule has 4 bridgehead atoms. The molecule has 1 unspecified atom stereocenters. The molecule has 2 N–H and O–H groups in total. The second kappa shape index (κ2) is 4.66. The highest BCUT2D eigenvalue weighted by atomic mass is 16.3. The van der Waals surface area contributed by atoms with Gasteiger partial charge in [-0.2, -0.15) is 0 Å². The monoisotopic (exact) mass is 285 g/mol. The fourth-order valence-electron chi connectivity index (χ4n) is 5.86. The standard InChI is InChI=1S/C19H27NO/c1-12-5-17(3-4-18(12)21)20-13(2)19-9-14-6-15(10-19)8-16(7-14)11-19/h3-5,13-16,20-21H,6-11H2,1-2H3. The van der Waals surface area contributed by atoms with Crippen LogP contribution in [0.5, 0.6) is 5.75 Å². The molecule has 114 valence electrons. The molecule has 0 saturated heterocycles. The summed E-state index contributed by atoms with van der Waals surface area (Å²) in [4.78, 5) is 0. The molecule has 0 amide bonds. The lowest BCUT2D eigenvalue weighted by molar-refractivity contribution is -0.0602. The van der Waals surface area contributed by atoms with Crippen LogP contribution < -0.4 is 5.32 Å². The maximum atomic E-state index is 9.68. The Balaban J connectivity index is 1.54. The van der Waals surface area contributed by atoms with Crippen molar-refractivity contribution in [1.82, 2.24) is 0 Å². The normalized spacial score (nSPS) is 38.5. The number of benzene rings is 1. The Morgan fingerprint density at radius 2 is 1.67 bits per heavy atom. The van der Waals surface area contributed by atoms with E-state index in [1.165, 1.54) is 38.5 Å². The summed E-state index contributed by atoms with van der Waals surface area (Å²) in [6, 6.07) is 6.44. The maximum absolute atomic E-state index is 9.68. The number of phenolic OH excluding ortho intramolecular Hbond substituents is 1. The summed E-state index contributed by atoms with van der Waals surface area (Å²) < 4.78 is 0. The Morgan fingerprint density at radius 3 is 2.19 bits per heavy atom. The van der Waals surface area contributed by atoms with Crippen molar-refractivity contribution in [3.63, 3.8) is 0 Å². The first-order valence-electron chi connectivity index (χ1n) is 8.60. The second-order valence-electron chi connectivity index (χ2n) is 8.15. The van der Waals surface area contributed by atoms with Crippen molar-refractivity contribution in [2.24, 2.45) is 23.2 Å². The minimum absolute atomic E-state index is 0.392. The van der Waals surface area contributed by atoms with Crippen molar-refractivity contribution in [2.45, 2.75) is 58.4 Å². The molecular weight excluding hydrogens is 258 g/mol. The topological polar surface area (TPSA) is 32.3 Å². The van der Waals surface area contributed by atoms with Crippen LogP contribution in [0.1, 0.15) is 51.0 Å². The van der Waals surface area contributed by atoms with E-state index in [9.17, 15) is 5.11 Å². The van der Waals surface area contributed by atoms with Gasteiger partial charge in [-0.1, -0.05) is 0 Å². The molecule has 0 aliphatic heterocycles. The Kier molecular flexibility index (Phi) is 2.99. The fraction of sp³-hybridized carbons (Fsp3) is 0.684. The van der Waals surface area contributed by atoms with Gasteiger partial charge < -0.3 is 10.4 Å². The minimum Gasteiger partial charge on any atom is -0.508 e. The maximum Gasteiger partial charge on any atom is 0.118 e. The third-order valence-electron chi connectivity index (χ3n) is 6.58. The zero-order chi connectivity index (χ0) is 14.6. The van der Waals surface area contributed by atoms with Crippen LogP contribution in [0.3, 0.4) is 0 Å². The van der Waals surface area contributed by atoms with Gasteiger partial charge in [0.25, 0.3) is 0 Å². The van der Waals surface area contributed by atoms with Gasteiger partial charge in [-0.25, -0.2) is 0 Å². The molecule has 2 nitrogen and oxygen atoms in total. The van der Waals surface area contributed by atoms with Crippen molar-refractivity contribution in [1.29, 1.82) is 0 Å². The van der Waals surface area contributed by atoms with E-state index in [1.54, 1.807) is 0 Å². The average Bonchev–Trinajstić information content (AvgIpc) is 2.41.